The Hall–Kier alpha value is -1.13. The number of ketones is 1. The number of carbonyl (C=O) groups excluding carboxylic acids is 1. The van der Waals surface area contributed by atoms with Crippen LogP contribution >= 0.6 is 23.1 Å². The van der Waals surface area contributed by atoms with E-state index >= 15 is 0 Å². The number of thiazole rings is 1. The van der Waals surface area contributed by atoms with Crippen LogP contribution in [0.4, 0.5) is 0 Å². The van der Waals surface area contributed by atoms with E-state index in [1.807, 2.05) is 30.5 Å². The van der Waals surface area contributed by atoms with Gasteiger partial charge in [0.2, 0.25) is 0 Å². The second-order valence-corrected chi connectivity index (χ2v) is 5.09. The molecule has 1 aromatic carbocycles. The Bertz CT molecular complexity index is 480. The molecule has 0 bridgehead atoms. The van der Waals surface area contributed by atoms with E-state index in [4.69, 9.17) is 0 Å². The minimum Gasteiger partial charge on any atom is -0.294 e. The first-order valence-electron chi connectivity index (χ1n) is 4.85. The molecule has 2 rings (SSSR count). The van der Waals surface area contributed by atoms with Gasteiger partial charge in [0, 0.05) is 28.0 Å². The van der Waals surface area contributed by atoms with Gasteiger partial charge >= 0.3 is 0 Å². The molecule has 2 nitrogen and oxygen atoms in total. The van der Waals surface area contributed by atoms with E-state index in [1.165, 1.54) is 11.3 Å². The second kappa shape index (κ2) is 5.27. The van der Waals surface area contributed by atoms with Crippen LogP contribution in [0, 0.1) is 0 Å². The van der Waals surface area contributed by atoms with Crippen molar-refractivity contribution in [3.63, 3.8) is 0 Å². The van der Waals surface area contributed by atoms with Crippen LogP contribution in [0.25, 0.3) is 0 Å². The maximum absolute atomic E-state index is 12.1. The topological polar surface area (TPSA) is 30.0 Å². The summed E-state index contributed by atoms with van der Waals surface area (Å²) in [5.41, 5.74) is 2.56. The summed E-state index contributed by atoms with van der Waals surface area (Å²) in [7, 11) is 0. The van der Waals surface area contributed by atoms with E-state index in [0.717, 1.165) is 15.3 Å². The quantitative estimate of drug-likeness (QED) is 0.615. The third-order valence-electron chi connectivity index (χ3n) is 2.23. The molecular formula is C12H11NOS2. The normalized spacial score (nSPS) is 10.3. The first kappa shape index (κ1) is 11.4. The van der Waals surface area contributed by atoms with Gasteiger partial charge in [-0.1, -0.05) is 18.2 Å². The number of carbonyl (C=O) groups is 1. The molecule has 0 saturated heterocycles. The molecule has 4 heteroatoms. The van der Waals surface area contributed by atoms with Gasteiger partial charge in [0.05, 0.1) is 5.51 Å². The summed E-state index contributed by atoms with van der Waals surface area (Å²) in [6.07, 6.45) is 4.19. The largest absolute Gasteiger partial charge is 0.294 e. The Labute approximate surface area is 103 Å². The fourth-order valence-corrected chi connectivity index (χ4v) is 2.67. The van der Waals surface area contributed by atoms with Crippen molar-refractivity contribution in [2.45, 2.75) is 11.3 Å². The predicted octanol–water partition coefficient (Wildman–Crippen LogP) is 3.29. The average molecular weight is 249 g/mol. The lowest BCUT2D eigenvalue weighted by molar-refractivity contribution is 0.0991. The monoisotopic (exact) mass is 249 g/mol. The van der Waals surface area contributed by atoms with Gasteiger partial charge in [-0.15, -0.1) is 23.1 Å². The molecular weight excluding hydrogens is 238 g/mol. The molecule has 0 aliphatic rings. The number of rotatable bonds is 4. The Morgan fingerprint density at radius 1 is 1.44 bits per heavy atom. The lowest BCUT2D eigenvalue weighted by Crippen LogP contribution is -2.03. The van der Waals surface area contributed by atoms with Crippen molar-refractivity contribution in [1.29, 1.82) is 0 Å². The number of thioether (sulfide) groups is 1. The predicted molar refractivity (Wildman–Crippen MR) is 68.4 cm³/mol. The van der Waals surface area contributed by atoms with Crippen LogP contribution in [0.2, 0.25) is 0 Å². The maximum atomic E-state index is 12.1. The van der Waals surface area contributed by atoms with Crippen LogP contribution in [0.3, 0.4) is 0 Å². The van der Waals surface area contributed by atoms with E-state index in [0.29, 0.717) is 6.42 Å². The van der Waals surface area contributed by atoms with Crippen molar-refractivity contribution < 1.29 is 4.79 Å². The van der Waals surface area contributed by atoms with Crippen LogP contribution in [0.15, 0.2) is 40.9 Å². The Balaban J connectivity index is 2.21. The van der Waals surface area contributed by atoms with Gasteiger partial charge in [-0.2, -0.15) is 0 Å². The molecule has 16 heavy (non-hydrogen) atoms. The molecule has 0 amide bonds. The van der Waals surface area contributed by atoms with E-state index in [9.17, 15) is 4.79 Å². The van der Waals surface area contributed by atoms with Crippen molar-refractivity contribution in [2.75, 3.05) is 6.26 Å². The van der Waals surface area contributed by atoms with Crippen molar-refractivity contribution in [2.24, 2.45) is 0 Å². The fourth-order valence-electron chi connectivity index (χ4n) is 1.46. The number of hydrogen-bond acceptors (Lipinski definition) is 4. The summed E-state index contributed by atoms with van der Waals surface area (Å²) in [4.78, 5) is 18.1. The molecule has 0 aliphatic carbocycles. The minimum atomic E-state index is 0.161. The second-order valence-electron chi connectivity index (χ2n) is 3.27. The third kappa shape index (κ3) is 2.51. The summed E-state index contributed by atoms with van der Waals surface area (Å²) < 4.78 is 0. The van der Waals surface area contributed by atoms with Crippen molar-refractivity contribution >= 4 is 28.9 Å². The summed E-state index contributed by atoms with van der Waals surface area (Å²) in [6, 6.07) is 7.72. The molecule has 0 atom stereocenters. The highest BCUT2D eigenvalue weighted by Gasteiger charge is 2.11. The Morgan fingerprint density at radius 3 is 2.94 bits per heavy atom. The zero-order valence-electron chi connectivity index (χ0n) is 8.84. The zero-order chi connectivity index (χ0) is 11.4. The van der Waals surface area contributed by atoms with Crippen LogP contribution < -0.4 is 0 Å². The van der Waals surface area contributed by atoms with E-state index in [-0.39, 0.29) is 5.78 Å². The van der Waals surface area contributed by atoms with Crippen LogP contribution in [-0.2, 0) is 6.42 Å². The van der Waals surface area contributed by atoms with Gasteiger partial charge in [0.1, 0.15) is 0 Å². The lowest BCUT2D eigenvalue weighted by Gasteiger charge is -2.04. The molecule has 0 unspecified atom stereocenters. The van der Waals surface area contributed by atoms with Crippen LogP contribution in [-0.4, -0.2) is 17.0 Å². The zero-order valence-corrected chi connectivity index (χ0v) is 10.5. The molecule has 0 N–H and O–H groups in total. The smallest absolute Gasteiger partial charge is 0.169 e. The average Bonchev–Trinajstić information content (AvgIpc) is 2.81. The molecule has 0 fully saturated rings. The van der Waals surface area contributed by atoms with Gasteiger partial charge in [0.15, 0.2) is 5.78 Å². The van der Waals surface area contributed by atoms with E-state index < -0.39 is 0 Å². The highest BCUT2D eigenvalue weighted by atomic mass is 32.2. The number of Topliss-reactive ketones (excluding diaryl/α,β-unsaturated/α-hetero) is 1. The van der Waals surface area contributed by atoms with Crippen molar-refractivity contribution in [3.8, 4) is 0 Å². The highest BCUT2D eigenvalue weighted by molar-refractivity contribution is 7.98. The molecule has 0 saturated carbocycles. The number of aromatic nitrogens is 1. The number of hydrogen-bond donors (Lipinski definition) is 0. The first-order chi connectivity index (χ1) is 7.81. The van der Waals surface area contributed by atoms with Gasteiger partial charge < -0.3 is 0 Å². The molecule has 1 aromatic heterocycles. The van der Waals surface area contributed by atoms with E-state index in [2.05, 4.69) is 4.98 Å². The van der Waals surface area contributed by atoms with Crippen LogP contribution in [0.1, 0.15) is 15.2 Å². The number of benzene rings is 1. The van der Waals surface area contributed by atoms with Crippen molar-refractivity contribution in [1.82, 2.24) is 4.98 Å². The maximum Gasteiger partial charge on any atom is 0.169 e. The molecule has 2 aromatic rings. The Kier molecular flexibility index (Phi) is 3.74. The summed E-state index contributed by atoms with van der Waals surface area (Å²) in [5.74, 6) is 0.161. The standard InChI is InChI=1S/C12H11NOS2/c1-15-12-5-3-2-4-10(12)11(14)6-9-7-13-8-16-9/h2-5,7-8H,6H2,1H3. The SMILES string of the molecule is CSc1ccccc1C(=O)Cc1cncs1. The van der Waals surface area contributed by atoms with Gasteiger partial charge in [-0.3, -0.25) is 9.78 Å². The van der Waals surface area contributed by atoms with Gasteiger partial charge in [-0.05, 0) is 12.3 Å². The number of nitrogens with zero attached hydrogens (tertiary/aromatic N) is 1. The van der Waals surface area contributed by atoms with Gasteiger partial charge in [-0.25, -0.2) is 0 Å². The van der Waals surface area contributed by atoms with Crippen molar-refractivity contribution in [3.05, 3.63) is 46.4 Å². The molecule has 82 valence electrons. The third-order valence-corrected chi connectivity index (χ3v) is 3.80. The highest BCUT2D eigenvalue weighted by Crippen LogP contribution is 2.22. The van der Waals surface area contributed by atoms with Gasteiger partial charge in [0.25, 0.3) is 0 Å². The minimum absolute atomic E-state index is 0.161. The first-order valence-corrected chi connectivity index (χ1v) is 6.95. The summed E-state index contributed by atoms with van der Waals surface area (Å²) >= 11 is 3.12. The molecule has 0 spiro atoms. The fraction of sp³-hybridized carbons (Fsp3) is 0.167. The molecule has 1 heterocycles. The lowest BCUT2D eigenvalue weighted by atomic mass is 10.1. The summed E-state index contributed by atoms with van der Waals surface area (Å²) in [5, 5.41) is 0. The Morgan fingerprint density at radius 2 is 2.25 bits per heavy atom. The van der Waals surface area contributed by atoms with E-state index in [1.54, 1.807) is 23.5 Å². The molecule has 0 aliphatic heterocycles. The summed E-state index contributed by atoms with van der Waals surface area (Å²) in [6.45, 7) is 0. The molecule has 0 radical (unpaired) electrons. The van der Waals surface area contributed by atoms with Crippen LogP contribution in [0.5, 0.6) is 0 Å².